The van der Waals surface area contributed by atoms with E-state index in [4.69, 9.17) is 9.72 Å². The minimum Gasteiger partial charge on any atom is -0.365 e. The third-order valence-electron chi connectivity index (χ3n) is 7.75. The number of amides is 2. The summed E-state index contributed by atoms with van der Waals surface area (Å²) >= 11 is 1.69. The number of nitrogens with zero attached hydrogens (tertiary/aromatic N) is 3. The standard InChI is InChI=1S/C28H35FN4O4S/c1-16(2)12-21(28(36)33-13-20(29)25-24(33)23(34)14-37-25)30-26(35)18-6-4-17(5-7-18)22-15-38-27(31-22)19-8-10-32(3)11-9-19/h4-7,15-16,19-21,24-25H,8-14H2,1-3H3,(H,30,35)/t20-,21-,24+,25+/m0/s1. The molecule has 8 nitrogen and oxygen atoms in total. The van der Waals surface area contributed by atoms with Crippen molar-refractivity contribution >= 4 is 28.9 Å². The summed E-state index contributed by atoms with van der Waals surface area (Å²) in [6.45, 7) is 5.67. The van der Waals surface area contributed by atoms with E-state index >= 15 is 0 Å². The Bertz CT molecular complexity index is 1180. The van der Waals surface area contributed by atoms with Crippen molar-refractivity contribution in [2.75, 3.05) is 33.3 Å². The van der Waals surface area contributed by atoms with Crippen LogP contribution in [0.25, 0.3) is 11.3 Å². The van der Waals surface area contributed by atoms with Gasteiger partial charge in [-0.05, 0) is 57.5 Å². The van der Waals surface area contributed by atoms with Gasteiger partial charge in [-0.3, -0.25) is 14.4 Å². The number of aromatic nitrogens is 1. The van der Waals surface area contributed by atoms with Crippen LogP contribution in [0.2, 0.25) is 0 Å². The summed E-state index contributed by atoms with van der Waals surface area (Å²) in [6, 6.07) is 5.42. The normalized spacial score (nSPS) is 25.1. The van der Waals surface area contributed by atoms with Gasteiger partial charge in [0.15, 0.2) is 5.78 Å². The summed E-state index contributed by atoms with van der Waals surface area (Å²) in [6.07, 6.45) is 0.278. The number of likely N-dealkylation sites (tertiary alicyclic amines) is 2. The van der Waals surface area contributed by atoms with Gasteiger partial charge in [-0.25, -0.2) is 9.37 Å². The highest BCUT2D eigenvalue weighted by molar-refractivity contribution is 7.10. The lowest BCUT2D eigenvalue weighted by Gasteiger charge is -2.28. The second kappa shape index (κ2) is 11.2. The number of ether oxygens (including phenoxy) is 1. The number of thiazole rings is 1. The molecule has 2 amide bonds. The monoisotopic (exact) mass is 542 g/mol. The molecule has 0 spiro atoms. The smallest absolute Gasteiger partial charge is 0.251 e. The SMILES string of the molecule is CC(C)C[C@H](NC(=O)c1ccc(-c2csc(C3CCN(C)CC3)n2)cc1)C(=O)N1C[C@H](F)[C@H]2OCC(=O)[C@H]21. The molecule has 4 heterocycles. The number of Topliss-reactive ketones (excluding diaryl/α,β-unsaturated/α-hetero) is 1. The lowest BCUT2D eigenvalue weighted by Crippen LogP contribution is -2.52. The molecule has 4 atom stereocenters. The molecular weight excluding hydrogens is 507 g/mol. The molecule has 1 aromatic heterocycles. The molecule has 0 saturated carbocycles. The largest absolute Gasteiger partial charge is 0.365 e. The molecule has 2 aromatic rings. The maximum absolute atomic E-state index is 14.5. The summed E-state index contributed by atoms with van der Waals surface area (Å²) in [5.41, 5.74) is 2.25. The molecule has 38 heavy (non-hydrogen) atoms. The number of fused-ring (bicyclic) bond motifs is 1. The highest BCUT2D eigenvalue weighted by Crippen LogP contribution is 2.33. The molecule has 0 bridgehead atoms. The van der Waals surface area contributed by atoms with E-state index in [1.807, 2.05) is 26.0 Å². The van der Waals surface area contributed by atoms with Crippen molar-refractivity contribution in [3.63, 3.8) is 0 Å². The van der Waals surface area contributed by atoms with E-state index in [-0.39, 0.29) is 30.8 Å². The van der Waals surface area contributed by atoms with Crippen LogP contribution in [0, 0.1) is 5.92 Å². The van der Waals surface area contributed by atoms with Crippen LogP contribution in [0.5, 0.6) is 0 Å². The fraction of sp³-hybridized carbons (Fsp3) is 0.571. The Kier molecular flexibility index (Phi) is 7.93. The van der Waals surface area contributed by atoms with Crippen LogP contribution in [0.15, 0.2) is 29.6 Å². The van der Waals surface area contributed by atoms with Gasteiger partial charge in [0.05, 0.1) is 17.2 Å². The zero-order valence-electron chi connectivity index (χ0n) is 22.1. The Morgan fingerprint density at radius 1 is 1.21 bits per heavy atom. The second-order valence-corrected chi connectivity index (χ2v) is 12.0. The maximum atomic E-state index is 14.5. The minimum absolute atomic E-state index is 0.102. The number of hydrogen-bond donors (Lipinski definition) is 1. The average molecular weight is 543 g/mol. The van der Waals surface area contributed by atoms with E-state index in [1.54, 1.807) is 23.5 Å². The van der Waals surface area contributed by atoms with Crippen molar-refractivity contribution < 1.29 is 23.5 Å². The lowest BCUT2D eigenvalue weighted by molar-refractivity contribution is -0.138. The molecule has 0 radical (unpaired) electrons. The molecule has 3 aliphatic heterocycles. The Balaban J connectivity index is 1.26. The number of carbonyl (C=O) groups is 3. The molecule has 0 unspecified atom stereocenters. The molecule has 1 aromatic carbocycles. The second-order valence-electron chi connectivity index (χ2n) is 11.1. The Labute approximate surface area is 226 Å². The first-order valence-electron chi connectivity index (χ1n) is 13.4. The van der Waals surface area contributed by atoms with E-state index in [9.17, 15) is 18.8 Å². The third kappa shape index (κ3) is 5.53. The highest BCUT2D eigenvalue weighted by atomic mass is 32.1. The van der Waals surface area contributed by atoms with Gasteiger partial charge in [-0.2, -0.15) is 0 Å². The predicted octanol–water partition coefficient (Wildman–Crippen LogP) is 3.28. The molecule has 1 N–H and O–H groups in total. The van der Waals surface area contributed by atoms with Crippen molar-refractivity contribution in [1.29, 1.82) is 0 Å². The van der Waals surface area contributed by atoms with Gasteiger partial charge in [0.2, 0.25) is 5.91 Å². The van der Waals surface area contributed by atoms with Crippen LogP contribution in [-0.2, 0) is 14.3 Å². The first-order chi connectivity index (χ1) is 18.2. The number of carbonyl (C=O) groups excluding carboxylic acids is 3. The van der Waals surface area contributed by atoms with Gasteiger partial charge in [0.1, 0.15) is 31.0 Å². The molecule has 10 heteroatoms. The summed E-state index contributed by atoms with van der Waals surface area (Å²) in [5.74, 6) is -0.529. The van der Waals surface area contributed by atoms with Crippen molar-refractivity contribution in [2.45, 2.75) is 63.4 Å². The van der Waals surface area contributed by atoms with E-state index in [1.165, 1.54) is 4.90 Å². The van der Waals surface area contributed by atoms with Gasteiger partial charge in [-0.15, -0.1) is 11.3 Å². The maximum Gasteiger partial charge on any atom is 0.251 e. The van der Waals surface area contributed by atoms with Crippen molar-refractivity contribution in [2.24, 2.45) is 5.92 Å². The number of piperidine rings is 1. The van der Waals surface area contributed by atoms with E-state index in [2.05, 4.69) is 22.6 Å². The Hall–Kier alpha value is -2.69. The van der Waals surface area contributed by atoms with Gasteiger partial charge in [0, 0.05) is 22.4 Å². The number of benzene rings is 1. The number of halogens is 1. The Morgan fingerprint density at radius 3 is 2.61 bits per heavy atom. The van der Waals surface area contributed by atoms with Gasteiger partial charge in [-0.1, -0.05) is 26.0 Å². The van der Waals surface area contributed by atoms with Crippen molar-refractivity contribution in [3.05, 3.63) is 40.2 Å². The fourth-order valence-electron chi connectivity index (χ4n) is 5.61. The first-order valence-corrected chi connectivity index (χ1v) is 14.2. The van der Waals surface area contributed by atoms with Crippen molar-refractivity contribution in [1.82, 2.24) is 20.1 Å². The van der Waals surface area contributed by atoms with Gasteiger partial charge in [0.25, 0.3) is 5.91 Å². The molecule has 204 valence electrons. The minimum atomic E-state index is -1.41. The zero-order chi connectivity index (χ0) is 27.0. The van der Waals surface area contributed by atoms with Crippen LogP contribution in [0.3, 0.4) is 0 Å². The van der Waals surface area contributed by atoms with Crippen molar-refractivity contribution in [3.8, 4) is 11.3 Å². The van der Waals surface area contributed by atoms with Crippen LogP contribution in [0.1, 0.15) is 54.4 Å². The summed E-state index contributed by atoms with van der Waals surface area (Å²) < 4.78 is 19.7. The zero-order valence-corrected chi connectivity index (χ0v) is 22.9. The van der Waals surface area contributed by atoms with Crippen LogP contribution in [0.4, 0.5) is 4.39 Å². The lowest BCUT2D eigenvalue weighted by atomic mass is 9.98. The van der Waals surface area contributed by atoms with Crippen LogP contribution < -0.4 is 5.32 Å². The van der Waals surface area contributed by atoms with E-state index in [0.717, 1.165) is 42.2 Å². The van der Waals surface area contributed by atoms with Gasteiger partial charge >= 0.3 is 0 Å². The van der Waals surface area contributed by atoms with E-state index < -0.39 is 30.3 Å². The number of alkyl halides is 1. The molecule has 3 saturated heterocycles. The van der Waals surface area contributed by atoms with Crippen LogP contribution >= 0.6 is 11.3 Å². The quantitative estimate of drug-likeness (QED) is 0.578. The molecule has 0 aliphatic carbocycles. The predicted molar refractivity (Wildman–Crippen MR) is 143 cm³/mol. The average Bonchev–Trinajstić information content (AvgIpc) is 3.62. The third-order valence-corrected chi connectivity index (χ3v) is 8.76. The summed E-state index contributed by atoms with van der Waals surface area (Å²) in [5, 5.41) is 6.07. The van der Waals surface area contributed by atoms with Gasteiger partial charge < -0.3 is 19.9 Å². The summed E-state index contributed by atoms with van der Waals surface area (Å²) in [4.78, 5) is 47.3. The molecule has 5 rings (SSSR count). The topological polar surface area (TPSA) is 91.8 Å². The number of hydrogen-bond acceptors (Lipinski definition) is 7. The molecule has 3 aliphatic rings. The fourth-order valence-corrected chi connectivity index (χ4v) is 6.61. The summed E-state index contributed by atoms with van der Waals surface area (Å²) in [7, 11) is 2.15. The van der Waals surface area contributed by atoms with E-state index in [0.29, 0.717) is 17.9 Å². The van der Waals surface area contributed by atoms with Crippen LogP contribution in [-0.4, -0.2) is 90.0 Å². The molecular formula is C28H35FN4O4S. The highest BCUT2D eigenvalue weighted by Gasteiger charge is 2.53. The molecule has 3 fully saturated rings. The number of ketones is 1. The number of rotatable bonds is 7. The Morgan fingerprint density at radius 2 is 1.92 bits per heavy atom. The first kappa shape index (κ1) is 26.9. The number of nitrogens with one attached hydrogen (secondary N) is 1.